The number of hydrogen-bond donors (Lipinski definition) is 1. The number of rotatable bonds is 6. The second-order valence-corrected chi connectivity index (χ2v) is 6.12. The second-order valence-electron chi connectivity index (χ2n) is 5.01. The van der Waals surface area contributed by atoms with Crippen LogP contribution < -0.4 is 5.32 Å². The lowest BCUT2D eigenvalue weighted by Gasteiger charge is -2.25. The molecular formula is C15H17N3O5S. The Morgan fingerprint density at radius 2 is 2.33 bits per heavy atom. The number of nitrogens with zero attached hydrogens (tertiary/aromatic N) is 2. The van der Waals surface area contributed by atoms with Crippen LogP contribution in [-0.2, 0) is 19.1 Å². The Morgan fingerprint density at radius 3 is 2.96 bits per heavy atom. The Hall–Kier alpha value is -2.47. The largest absolute Gasteiger partial charge is 0.466 e. The number of ether oxygens (including phenoxy) is 1. The van der Waals surface area contributed by atoms with E-state index in [9.17, 15) is 14.4 Å². The molecule has 2 rings (SSSR count). The van der Waals surface area contributed by atoms with Crippen molar-refractivity contribution >= 4 is 29.5 Å². The van der Waals surface area contributed by atoms with Crippen LogP contribution in [-0.4, -0.2) is 47.6 Å². The van der Waals surface area contributed by atoms with Gasteiger partial charge >= 0.3 is 5.97 Å². The molecule has 0 spiro atoms. The number of amides is 2. The first-order valence-corrected chi connectivity index (χ1v) is 8.33. The third kappa shape index (κ3) is 4.29. The van der Waals surface area contributed by atoms with E-state index in [4.69, 9.17) is 14.4 Å². The van der Waals surface area contributed by atoms with Crippen molar-refractivity contribution in [3.63, 3.8) is 0 Å². The van der Waals surface area contributed by atoms with Crippen molar-refractivity contribution in [1.82, 2.24) is 10.2 Å². The molecule has 1 N–H and O–H groups in total. The van der Waals surface area contributed by atoms with Gasteiger partial charge in [-0.25, -0.2) is 4.79 Å². The topological polar surface area (TPSA) is 113 Å². The van der Waals surface area contributed by atoms with Gasteiger partial charge in [0.2, 0.25) is 5.91 Å². The van der Waals surface area contributed by atoms with E-state index in [0.29, 0.717) is 11.5 Å². The molecule has 8 nitrogen and oxygen atoms in total. The second kappa shape index (κ2) is 8.40. The van der Waals surface area contributed by atoms with E-state index < -0.39 is 24.5 Å². The average Bonchev–Trinajstić information content (AvgIpc) is 3.21. The number of nitriles is 1. The number of nitrogens with one attached hydrogen (secondary N) is 1. The minimum atomic E-state index is -0.769. The first-order chi connectivity index (χ1) is 11.5. The SMILES string of the molecule is CC(=O)N1[C@@H](C(=O)OCC(=O)NCCC#N)CS[C@H]1c1ccco1. The lowest BCUT2D eigenvalue weighted by molar-refractivity contribution is -0.156. The maximum Gasteiger partial charge on any atom is 0.330 e. The molecule has 0 saturated carbocycles. The number of carbonyl (C=O) groups excluding carboxylic acids is 3. The fourth-order valence-electron chi connectivity index (χ4n) is 2.27. The van der Waals surface area contributed by atoms with Crippen LogP contribution in [0.25, 0.3) is 0 Å². The smallest absolute Gasteiger partial charge is 0.330 e. The predicted octanol–water partition coefficient (Wildman–Crippen LogP) is 0.815. The lowest BCUT2D eigenvalue weighted by atomic mass is 10.2. The molecule has 1 aliphatic rings. The maximum atomic E-state index is 12.2. The Labute approximate surface area is 143 Å². The number of hydrogen-bond acceptors (Lipinski definition) is 7. The molecule has 1 fully saturated rings. The molecule has 1 aromatic heterocycles. The van der Waals surface area contributed by atoms with E-state index in [0.717, 1.165) is 0 Å². The van der Waals surface area contributed by atoms with Gasteiger partial charge in [-0.05, 0) is 12.1 Å². The number of carbonyl (C=O) groups is 3. The number of esters is 1. The Bertz CT molecular complexity index is 640. The summed E-state index contributed by atoms with van der Waals surface area (Å²) in [6, 6.07) is 4.58. The zero-order valence-corrected chi connectivity index (χ0v) is 13.9. The summed E-state index contributed by atoms with van der Waals surface area (Å²) in [4.78, 5) is 37.1. The predicted molar refractivity (Wildman–Crippen MR) is 84.4 cm³/mol. The van der Waals surface area contributed by atoms with Crippen molar-refractivity contribution in [2.75, 3.05) is 18.9 Å². The van der Waals surface area contributed by atoms with Gasteiger partial charge in [-0.2, -0.15) is 5.26 Å². The van der Waals surface area contributed by atoms with Crippen LogP contribution in [0, 0.1) is 11.3 Å². The third-order valence-corrected chi connectivity index (χ3v) is 4.61. The molecule has 0 aromatic carbocycles. The van der Waals surface area contributed by atoms with Crippen LogP contribution >= 0.6 is 11.8 Å². The van der Waals surface area contributed by atoms with Gasteiger partial charge in [0.15, 0.2) is 6.61 Å². The van der Waals surface area contributed by atoms with Gasteiger partial charge in [-0.1, -0.05) is 0 Å². The van der Waals surface area contributed by atoms with E-state index in [2.05, 4.69) is 5.32 Å². The van der Waals surface area contributed by atoms with Gasteiger partial charge in [-0.3, -0.25) is 9.59 Å². The Balaban J connectivity index is 1.93. The van der Waals surface area contributed by atoms with Gasteiger partial charge in [-0.15, -0.1) is 11.8 Å². The van der Waals surface area contributed by atoms with Crippen molar-refractivity contribution in [3.05, 3.63) is 24.2 Å². The first kappa shape index (κ1) is 17.9. The van der Waals surface area contributed by atoms with Crippen LogP contribution in [0.5, 0.6) is 0 Å². The molecule has 0 bridgehead atoms. The van der Waals surface area contributed by atoms with Crippen molar-refractivity contribution in [2.45, 2.75) is 24.8 Å². The van der Waals surface area contributed by atoms with E-state index in [-0.39, 0.29) is 24.2 Å². The molecule has 1 aromatic rings. The molecule has 0 aliphatic carbocycles. The highest BCUT2D eigenvalue weighted by atomic mass is 32.2. The van der Waals surface area contributed by atoms with Gasteiger partial charge in [0.1, 0.15) is 17.2 Å². The zero-order chi connectivity index (χ0) is 17.5. The zero-order valence-electron chi connectivity index (χ0n) is 13.1. The Morgan fingerprint density at radius 1 is 1.54 bits per heavy atom. The monoisotopic (exact) mass is 351 g/mol. The Kier molecular flexibility index (Phi) is 6.26. The molecule has 2 heterocycles. The van der Waals surface area contributed by atoms with Crippen LogP contribution in [0.3, 0.4) is 0 Å². The number of furan rings is 1. The van der Waals surface area contributed by atoms with Crippen molar-refractivity contribution in [1.29, 1.82) is 5.26 Å². The molecule has 2 amide bonds. The van der Waals surface area contributed by atoms with Gasteiger partial charge in [0.05, 0.1) is 18.8 Å². The molecule has 2 atom stereocenters. The normalized spacial score (nSPS) is 19.6. The molecule has 9 heteroatoms. The summed E-state index contributed by atoms with van der Waals surface area (Å²) in [5.74, 6) is -0.454. The van der Waals surface area contributed by atoms with Gasteiger partial charge in [0, 0.05) is 19.2 Å². The summed E-state index contributed by atoms with van der Waals surface area (Å²) in [5, 5.41) is 10.5. The number of thioether (sulfide) groups is 1. The summed E-state index contributed by atoms with van der Waals surface area (Å²) in [7, 11) is 0. The molecule has 24 heavy (non-hydrogen) atoms. The first-order valence-electron chi connectivity index (χ1n) is 7.28. The quantitative estimate of drug-likeness (QED) is 0.596. The van der Waals surface area contributed by atoms with E-state index in [1.165, 1.54) is 29.8 Å². The summed E-state index contributed by atoms with van der Waals surface area (Å²) in [6.45, 7) is 1.13. The highest BCUT2D eigenvalue weighted by molar-refractivity contribution is 7.99. The fraction of sp³-hybridized carbons (Fsp3) is 0.467. The highest BCUT2D eigenvalue weighted by Crippen LogP contribution is 2.41. The minimum absolute atomic E-state index is 0.182. The molecule has 128 valence electrons. The van der Waals surface area contributed by atoms with E-state index >= 15 is 0 Å². The minimum Gasteiger partial charge on any atom is -0.466 e. The van der Waals surface area contributed by atoms with E-state index in [1.54, 1.807) is 12.1 Å². The van der Waals surface area contributed by atoms with Crippen LogP contribution in [0.15, 0.2) is 22.8 Å². The van der Waals surface area contributed by atoms with Crippen molar-refractivity contribution in [2.24, 2.45) is 0 Å². The van der Waals surface area contributed by atoms with Crippen molar-refractivity contribution in [3.8, 4) is 6.07 Å². The average molecular weight is 351 g/mol. The summed E-state index contributed by atoms with van der Waals surface area (Å²) in [6.07, 6.45) is 1.69. The standard InChI is InChI=1S/C15H17N3O5S/c1-10(19)18-11(9-24-14(18)12-4-2-7-22-12)15(21)23-8-13(20)17-6-3-5-16/h2,4,7,11,14H,3,6,8-9H2,1H3,(H,17,20)/t11-,14+/m1/s1. The van der Waals surface area contributed by atoms with Crippen molar-refractivity contribution < 1.29 is 23.5 Å². The molecule has 1 aliphatic heterocycles. The molecular weight excluding hydrogens is 334 g/mol. The highest BCUT2D eigenvalue weighted by Gasteiger charge is 2.43. The molecule has 1 saturated heterocycles. The summed E-state index contributed by atoms with van der Waals surface area (Å²) in [5.41, 5.74) is 0. The molecule has 0 unspecified atom stereocenters. The third-order valence-electron chi connectivity index (χ3n) is 3.33. The maximum absolute atomic E-state index is 12.2. The van der Waals surface area contributed by atoms with Crippen LogP contribution in [0.2, 0.25) is 0 Å². The fourth-order valence-corrected chi connectivity index (χ4v) is 3.68. The van der Waals surface area contributed by atoms with Gasteiger partial charge < -0.3 is 19.4 Å². The summed E-state index contributed by atoms with van der Waals surface area (Å²) < 4.78 is 10.3. The van der Waals surface area contributed by atoms with Crippen LogP contribution in [0.1, 0.15) is 24.5 Å². The van der Waals surface area contributed by atoms with E-state index in [1.807, 2.05) is 6.07 Å². The lowest BCUT2D eigenvalue weighted by Crippen LogP contribution is -2.43. The van der Waals surface area contributed by atoms with Gasteiger partial charge in [0.25, 0.3) is 5.91 Å². The molecule has 0 radical (unpaired) electrons. The van der Waals surface area contributed by atoms with Crippen LogP contribution in [0.4, 0.5) is 0 Å². The summed E-state index contributed by atoms with van der Waals surface area (Å²) >= 11 is 1.40.